The molecule has 1 aromatic rings. The minimum atomic E-state index is -0.142. The maximum absolute atomic E-state index is 13.5. The van der Waals surface area contributed by atoms with Gasteiger partial charge in [-0.05, 0) is 82.2 Å². The average molecular weight is 342 g/mol. The molecular formula is C17H25BrFN. The Morgan fingerprint density at radius 1 is 1.20 bits per heavy atom. The zero-order chi connectivity index (χ0) is 14.8. The summed E-state index contributed by atoms with van der Waals surface area (Å²) in [5, 5.41) is 3.62. The molecule has 0 saturated heterocycles. The van der Waals surface area contributed by atoms with Crippen LogP contribution in [0.15, 0.2) is 22.7 Å². The van der Waals surface area contributed by atoms with Crippen LogP contribution in [0.3, 0.4) is 0 Å². The number of halogens is 2. The topological polar surface area (TPSA) is 12.0 Å². The predicted octanol–water partition coefficient (Wildman–Crippen LogP) is 4.94. The minimum absolute atomic E-state index is 0.142. The van der Waals surface area contributed by atoms with Crippen LogP contribution in [0.2, 0.25) is 0 Å². The number of benzene rings is 1. The van der Waals surface area contributed by atoms with Gasteiger partial charge < -0.3 is 5.32 Å². The molecule has 2 unspecified atom stereocenters. The maximum atomic E-state index is 13.5. The van der Waals surface area contributed by atoms with Crippen molar-refractivity contribution < 1.29 is 4.39 Å². The van der Waals surface area contributed by atoms with E-state index in [1.165, 1.54) is 25.3 Å². The summed E-state index contributed by atoms with van der Waals surface area (Å²) in [7, 11) is 0. The van der Waals surface area contributed by atoms with Crippen molar-refractivity contribution in [3.63, 3.8) is 0 Å². The Hall–Kier alpha value is -0.410. The first-order valence-electron chi connectivity index (χ1n) is 7.53. The van der Waals surface area contributed by atoms with E-state index in [1.807, 2.05) is 0 Å². The molecule has 3 heteroatoms. The molecule has 1 fully saturated rings. The van der Waals surface area contributed by atoms with E-state index in [2.05, 4.69) is 48.1 Å². The van der Waals surface area contributed by atoms with Gasteiger partial charge in [0.2, 0.25) is 0 Å². The van der Waals surface area contributed by atoms with E-state index in [9.17, 15) is 4.39 Å². The summed E-state index contributed by atoms with van der Waals surface area (Å²) in [5.41, 5.74) is 1.29. The van der Waals surface area contributed by atoms with Gasteiger partial charge in [-0.3, -0.25) is 0 Å². The molecule has 1 saturated carbocycles. The van der Waals surface area contributed by atoms with Crippen molar-refractivity contribution in [2.45, 2.75) is 52.0 Å². The summed E-state index contributed by atoms with van der Waals surface area (Å²) in [6.45, 7) is 7.70. The highest BCUT2D eigenvalue weighted by molar-refractivity contribution is 9.10. The lowest BCUT2D eigenvalue weighted by Gasteiger charge is -2.26. The molecule has 0 spiro atoms. The standard InChI is InChI=1S/C17H25BrFN/c1-17(2,3)20-11-14-6-4-5-13(14)7-12-8-15(18)10-16(19)9-12/h8-10,13-14,20H,4-7,11H2,1-3H3. The number of hydrogen-bond acceptors (Lipinski definition) is 1. The Morgan fingerprint density at radius 2 is 1.90 bits per heavy atom. The quantitative estimate of drug-likeness (QED) is 0.818. The molecule has 0 heterocycles. The third kappa shape index (κ3) is 4.85. The minimum Gasteiger partial charge on any atom is -0.312 e. The van der Waals surface area contributed by atoms with Gasteiger partial charge in [0.05, 0.1) is 0 Å². The lowest BCUT2D eigenvalue weighted by molar-refractivity contribution is 0.317. The summed E-state index contributed by atoms with van der Waals surface area (Å²) in [6, 6.07) is 5.25. The van der Waals surface area contributed by atoms with Crippen molar-refractivity contribution in [3.05, 3.63) is 34.1 Å². The van der Waals surface area contributed by atoms with Gasteiger partial charge in [0.25, 0.3) is 0 Å². The smallest absolute Gasteiger partial charge is 0.124 e. The van der Waals surface area contributed by atoms with Gasteiger partial charge in [-0.25, -0.2) is 4.39 Å². The van der Waals surface area contributed by atoms with Crippen LogP contribution in [0.4, 0.5) is 4.39 Å². The molecule has 0 bridgehead atoms. The molecule has 1 aliphatic rings. The van der Waals surface area contributed by atoms with Crippen LogP contribution in [-0.4, -0.2) is 12.1 Å². The lowest BCUT2D eigenvalue weighted by Crippen LogP contribution is -2.40. The summed E-state index contributed by atoms with van der Waals surface area (Å²) in [6.07, 6.45) is 4.86. The monoisotopic (exact) mass is 341 g/mol. The summed E-state index contributed by atoms with van der Waals surface area (Å²) in [4.78, 5) is 0. The van der Waals surface area contributed by atoms with Crippen LogP contribution in [0.1, 0.15) is 45.6 Å². The third-order valence-corrected chi connectivity index (χ3v) is 4.59. The molecule has 112 valence electrons. The van der Waals surface area contributed by atoms with Gasteiger partial charge >= 0.3 is 0 Å². The van der Waals surface area contributed by atoms with E-state index in [-0.39, 0.29) is 11.4 Å². The summed E-state index contributed by atoms with van der Waals surface area (Å²) < 4.78 is 14.3. The second-order valence-corrected chi connectivity index (χ2v) is 7.98. The fourth-order valence-electron chi connectivity index (χ4n) is 3.12. The zero-order valence-electron chi connectivity index (χ0n) is 12.7. The lowest BCUT2D eigenvalue weighted by atomic mass is 9.89. The molecule has 1 nitrogen and oxygen atoms in total. The Balaban J connectivity index is 1.97. The average Bonchev–Trinajstić information content (AvgIpc) is 2.71. The highest BCUT2D eigenvalue weighted by Gasteiger charge is 2.28. The summed E-state index contributed by atoms with van der Waals surface area (Å²) >= 11 is 3.38. The molecule has 1 N–H and O–H groups in total. The molecule has 0 radical (unpaired) electrons. The van der Waals surface area contributed by atoms with Gasteiger partial charge in [0.1, 0.15) is 5.82 Å². The number of rotatable bonds is 4. The summed E-state index contributed by atoms with van der Waals surface area (Å²) in [5.74, 6) is 1.26. The first kappa shape index (κ1) is 16.0. The Kier molecular flexibility index (Phi) is 5.25. The van der Waals surface area contributed by atoms with Crippen LogP contribution in [0, 0.1) is 17.7 Å². The van der Waals surface area contributed by atoms with E-state index >= 15 is 0 Å². The first-order chi connectivity index (χ1) is 9.33. The van der Waals surface area contributed by atoms with Crippen molar-refractivity contribution >= 4 is 15.9 Å². The second-order valence-electron chi connectivity index (χ2n) is 7.06. The highest BCUT2D eigenvalue weighted by Crippen LogP contribution is 2.34. The predicted molar refractivity (Wildman–Crippen MR) is 86.4 cm³/mol. The van der Waals surface area contributed by atoms with E-state index in [1.54, 1.807) is 6.07 Å². The SMILES string of the molecule is CC(C)(C)NCC1CCCC1Cc1cc(F)cc(Br)c1. The maximum Gasteiger partial charge on any atom is 0.124 e. The number of hydrogen-bond donors (Lipinski definition) is 1. The molecule has 1 aliphatic carbocycles. The Bertz CT molecular complexity index is 433. The van der Waals surface area contributed by atoms with Crippen LogP contribution >= 0.6 is 15.9 Å². The van der Waals surface area contributed by atoms with Gasteiger partial charge in [0, 0.05) is 10.0 Å². The molecule has 0 aliphatic heterocycles. The normalized spacial score (nSPS) is 23.2. The Labute approximate surface area is 130 Å². The third-order valence-electron chi connectivity index (χ3n) is 4.13. The van der Waals surface area contributed by atoms with Crippen molar-refractivity contribution in [2.75, 3.05) is 6.54 Å². The molecule has 2 atom stereocenters. The fourth-order valence-corrected chi connectivity index (χ4v) is 3.63. The van der Waals surface area contributed by atoms with E-state index in [0.29, 0.717) is 5.92 Å². The van der Waals surface area contributed by atoms with Crippen molar-refractivity contribution in [1.29, 1.82) is 0 Å². The van der Waals surface area contributed by atoms with Gasteiger partial charge in [-0.1, -0.05) is 22.4 Å². The van der Waals surface area contributed by atoms with Crippen LogP contribution in [0.25, 0.3) is 0 Å². The Morgan fingerprint density at radius 3 is 2.55 bits per heavy atom. The molecular weight excluding hydrogens is 317 g/mol. The molecule has 1 aromatic carbocycles. The fraction of sp³-hybridized carbons (Fsp3) is 0.647. The van der Waals surface area contributed by atoms with E-state index < -0.39 is 0 Å². The van der Waals surface area contributed by atoms with Crippen LogP contribution in [0.5, 0.6) is 0 Å². The van der Waals surface area contributed by atoms with E-state index in [0.717, 1.165) is 28.9 Å². The largest absolute Gasteiger partial charge is 0.312 e. The van der Waals surface area contributed by atoms with Crippen molar-refractivity contribution in [2.24, 2.45) is 11.8 Å². The zero-order valence-corrected chi connectivity index (χ0v) is 14.3. The van der Waals surface area contributed by atoms with E-state index in [4.69, 9.17) is 0 Å². The van der Waals surface area contributed by atoms with Gasteiger partial charge in [-0.2, -0.15) is 0 Å². The molecule has 0 aromatic heterocycles. The van der Waals surface area contributed by atoms with Crippen molar-refractivity contribution in [1.82, 2.24) is 5.32 Å². The van der Waals surface area contributed by atoms with Crippen molar-refractivity contribution in [3.8, 4) is 0 Å². The van der Waals surface area contributed by atoms with Gasteiger partial charge in [0.15, 0.2) is 0 Å². The number of nitrogens with one attached hydrogen (secondary N) is 1. The van der Waals surface area contributed by atoms with Gasteiger partial charge in [-0.15, -0.1) is 0 Å². The molecule has 20 heavy (non-hydrogen) atoms. The molecule has 0 amide bonds. The highest BCUT2D eigenvalue weighted by atomic mass is 79.9. The second kappa shape index (κ2) is 6.57. The first-order valence-corrected chi connectivity index (χ1v) is 8.33. The van der Waals surface area contributed by atoms with Crippen LogP contribution in [-0.2, 0) is 6.42 Å². The molecule has 2 rings (SSSR count). The van der Waals surface area contributed by atoms with Crippen LogP contribution < -0.4 is 5.32 Å².